The number of Topliss-reactive ketones (excluding diaryl/α,β-unsaturated/α-hetero) is 1. The fraction of sp³-hybridized carbons (Fsp3) is 0.917. The van der Waals surface area contributed by atoms with Crippen molar-refractivity contribution in [1.82, 2.24) is 9.80 Å². The molecular weight excluding hydrogens is 188 g/mol. The monoisotopic (exact) mass is 212 g/mol. The number of ketones is 1. The van der Waals surface area contributed by atoms with Crippen LogP contribution in [-0.2, 0) is 4.79 Å². The van der Waals surface area contributed by atoms with Crippen LogP contribution in [0.4, 0.5) is 0 Å². The molecule has 1 saturated carbocycles. The van der Waals surface area contributed by atoms with E-state index in [9.17, 15) is 4.79 Å². The van der Waals surface area contributed by atoms with Crippen molar-refractivity contribution >= 4 is 5.78 Å². The Morgan fingerprint density at radius 1 is 1.27 bits per heavy atom. The van der Waals surface area contributed by atoms with Gasteiger partial charge in [0, 0.05) is 25.0 Å². The van der Waals surface area contributed by atoms with Gasteiger partial charge in [-0.25, -0.2) is 0 Å². The van der Waals surface area contributed by atoms with Gasteiger partial charge in [-0.15, -0.1) is 0 Å². The van der Waals surface area contributed by atoms with Crippen LogP contribution in [0.5, 0.6) is 0 Å². The minimum atomic E-state index is 0.286. The number of likely N-dealkylation sites (N-methyl/N-ethyl adjacent to an activating group) is 2. The highest BCUT2D eigenvalue weighted by atomic mass is 16.1. The van der Waals surface area contributed by atoms with Gasteiger partial charge < -0.3 is 9.80 Å². The molecule has 3 nitrogen and oxygen atoms in total. The third kappa shape index (κ3) is 3.28. The SMILES string of the molecule is CC(=O)CCN(C)CC1(N(C)C)CCC1. The molecule has 0 saturated heterocycles. The van der Waals surface area contributed by atoms with Crippen molar-refractivity contribution in [2.24, 2.45) is 0 Å². The smallest absolute Gasteiger partial charge is 0.131 e. The fourth-order valence-corrected chi connectivity index (χ4v) is 2.26. The number of rotatable bonds is 6. The Labute approximate surface area is 93.4 Å². The van der Waals surface area contributed by atoms with Crippen molar-refractivity contribution in [2.75, 3.05) is 34.2 Å². The van der Waals surface area contributed by atoms with Gasteiger partial charge in [-0.3, -0.25) is 4.79 Å². The maximum atomic E-state index is 10.9. The highest BCUT2D eigenvalue weighted by Crippen LogP contribution is 2.36. The molecule has 88 valence electrons. The van der Waals surface area contributed by atoms with Gasteiger partial charge in [-0.1, -0.05) is 0 Å². The summed E-state index contributed by atoms with van der Waals surface area (Å²) in [5.41, 5.74) is 0.380. The van der Waals surface area contributed by atoms with E-state index in [1.54, 1.807) is 6.92 Å². The molecule has 1 aliphatic carbocycles. The lowest BCUT2D eigenvalue weighted by molar-refractivity contribution is -0.117. The van der Waals surface area contributed by atoms with Gasteiger partial charge in [-0.2, -0.15) is 0 Å². The van der Waals surface area contributed by atoms with Crippen LogP contribution in [0.2, 0.25) is 0 Å². The van der Waals surface area contributed by atoms with E-state index in [0.717, 1.165) is 13.1 Å². The number of hydrogen-bond donors (Lipinski definition) is 0. The van der Waals surface area contributed by atoms with Crippen molar-refractivity contribution in [3.05, 3.63) is 0 Å². The molecular formula is C12H24N2O. The van der Waals surface area contributed by atoms with Gasteiger partial charge in [0.2, 0.25) is 0 Å². The first kappa shape index (κ1) is 12.7. The Balaban J connectivity index is 2.35. The summed E-state index contributed by atoms with van der Waals surface area (Å²) in [6, 6.07) is 0. The molecule has 0 aromatic heterocycles. The van der Waals surface area contributed by atoms with Crippen LogP contribution >= 0.6 is 0 Å². The topological polar surface area (TPSA) is 23.6 Å². The van der Waals surface area contributed by atoms with Crippen molar-refractivity contribution in [3.8, 4) is 0 Å². The summed E-state index contributed by atoms with van der Waals surface area (Å²) in [6.45, 7) is 3.65. The Bertz CT molecular complexity index is 222. The van der Waals surface area contributed by atoms with Gasteiger partial charge in [0.05, 0.1) is 0 Å². The minimum Gasteiger partial charge on any atom is -0.304 e. The van der Waals surface area contributed by atoms with Gasteiger partial charge in [0.1, 0.15) is 5.78 Å². The van der Waals surface area contributed by atoms with Crippen LogP contribution in [0.3, 0.4) is 0 Å². The van der Waals surface area contributed by atoms with E-state index < -0.39 is 0 Å². The average molecular weight is 212 g/mol. The van der Waals surface area contributed by atoms with Gasteiger partial charge in [-0.05, 0) is 47.3 Å². The largest absolute Gasteiger partial charge is 0.304 e. The Morgan fingerprint density at radius 3 is 2.20 bits per heavy atom. The summed E-state index contributed by atoms with van der Waals surface area (Å²) < 4.78 is 0. The molecule has 0 radical (unpaired) electrons. The first-order valence-electron chi connectivity index (χ1n) is 5.82. The second-order valence-electron chi connectivity index (χ2n) is 5.16. The third-order valence-corrected chi connectivity index (χ3v) is 3.64. The van der Waals surface area contributed by atoms with Crippen LogP contribution in [0.15, 0.2) is 0 Å². The van der Waals surface area contributed by atoms with Gasteiger partial charge >= 0.3 is 0 Å². The molecule has 0 spiro atoms. The quantitative estimate of drug-likeness (QED) is 0.664. The maximum absolute atomic E-state index is 10.9. The Kier molecular flexibility index (Phi) is 4.29. The van der Waals surface area contributed by atoms with E-state index in [0.29, 0.717) is 12.0 Å². The van der Waals surface area contributed by atoms with E-state index in [-0.39, 0.29) is 5.78 Å². The average Bonchev–Trinajstić information content (AvgIpc) is 2.07. The third-order valence-electron chi connectivity index (χ3n) is 3.64. The minimum absolute atomic E-state index is 0.286. The number of nitrogens with zero attached hydrogens (tertiary/aromatic N) is 2. The molecule has 15 heavy (non-hydrogen) atoms. The molecule has 0 atom stereocenters. The molecule has 0 aromatic carbocycles. The lowest BCUT2D eigenvalue weighted by atomic mass is 9.75. The zero-order chi connectivity index (χ0) is 11.5. The molecule has 0 N–H and O–H groups in total. The van der Waals surface area contributed by atoms with Crippen molar-refractivity contribution in [1.29, 1.82) is 0 Å². The van der Waals surface area contributed by atoms with Crippen LogP contribution in [0.1, 0.15) is 32.6 Å². The molecule has 0 aromatic rings. The molecule has 0 amide bonds. The Hall–Kier alpha value is -0.410. The summed E-state index contributed by atoms with van der Waals surface area (Å²) >= 11 is 0. The number of carbonyl (C=O) groups is 1. The zero-order valence-electron chi connectivity index (χ0n) is 10.5. The van der Waals surface area contributed by atoms with Crippen molar-refractivity contribution < 1.29 is 4.79 Å². The molecule has 0 heterocycles. The molecule has 0 aliphatic heterocycles. The summed E-state index contributed by atoms with van der Waals surface area (Å²) in [6.07, 6.45) is 4.62. The number of carbonyl (C=O) groups excluding carboxylic acids is 1. The number of hydrogen-bond acceptors (Lipinski definition) is 3. The van der Waals surface area contributed by atoms with Crippen LogP contribution in [0.25, 0.3) is 0 Å². The predicted molar refractivity (Wildman–Crippen MR) is 63.1 cm³/mol. The normalized spacial score (nSPS) is 19.3. The molecule has 1 aliphatic rings. The first-order chi connectivity index (χ1) is 6.96. The highest BCUT2D eigenvalue weighted by molar-refractivity contribution is 5.75. The van der Waals surface area contributed by atoms with E-state index in [4.69, 9.17) is 0 Å². The molecule has 3 heteroatoms. The molecule has 1 rings (SSSR count). The second kappa shape index (κ2) is 5.08. The van der Waals surface area contributed by atoms with Crippen LogP contribution < -0.4 is 0 Å². The van der Waals surface area contributed by atoms with Crippen LogP contribution in [-0.4, -0.2) is 55.4 Å². The molecule has 0 unspecified atom stereocenters. The highest BCUT2D eigenvalue weighted by Gasteiger charge is 2.39. The fourth-order valence-electron chi connectivity index (χ4n) is 2.26. The van der Waals surface area contributed by atoms with Crippen molar-refractivity contribution in [2.45, 2.75) is 38.1 Å². The molecule has 0 bridgehead atoms. The lowest BCUT2D eigenvalue weighted by Gasteiger charge is -2.49. The standard InChI is InChI=1S/C12H24N2O/c1-11(15)6-9-14(4)10-12(13(2)3)7-5-8-12/h5-10H2,1-4H3. The van der Waals surface area contributed by atoms with Crippen LogP contribution in [0, 0.1) is 0 Å². The summed E-state index contributed by atoms with van der Waals surface area (Å²) in [5.74, 6) is 0.286. The van der Waals surface area contributed by atoms with E-state index in [1.807, 2.05) is 0 Å². The second-order valence-corrected chi connectivity index (χ2v) is 5.16. The van der Waals surface area contributed by atoms with E-state index in [2.05, 4.69) is 30.9 Å². The van der Waals surface area contributed by atoms with E-state index >= 15 is 0 Å². The summed E-state index contributed by atoms with van der Waals surface area (Å²) in [7, 11) is 6.45. The zero-order valence-corrected chi connectivity index (χ0v) is 10.5. The van der Waals surface area contributed by atoms with Crippen molar-refractivity contribution in [3.63, 3.8) is 0 Å². The van der Waals surface area contributed by atoms with Gasteiger partial charge in [0.25, 0.3) is 0 Å². The summed E-state index contributed by atoms with van der Waals surface area (Å²) in [4.78, 5) is 15.5. The predicted octanol–water partition coefficient (Wildman–Crippen LogP) is 1.38. The summed E-state index contributed by atoms with van der Waals surface area (Å²) in [5, 5.41) is 0. The van der Waals surface area contributed by atoms with Gasteiger partial charge in [0.15, 0.2) is 0 Å². The lowest BCUT2D eigenvalue weighted by Crippen LogP contribution is -2.56. The maximum Gasteiger partial charge on any atom is 0.131 e. The first-order valence-corrected chi connectivity index (χ1v) is 5.82. The van der Waals surface area contributed by atoms with E-state index in [1.165, 1.54) is 19.3 Å². The Morgan fingerprint density at radius 2 is 1.87 bits per heavy atom. The molecule has 1 fully saturated rings.